The van der Waals surface area contributed by atoms with Gasteiger partial charge in [-0.05, 0) is 51.7 Å². The van der Waals surface area contributed by atoms with E-state index in [2.05, 4.69) is 10.4 Å². The van der Waals surface area contributed by atoms with E-state index in [1.807, 2.05) is 27.0 Å². The van der Waals surface area contributed by atoms with Crippen molar-refractivity contribution in [2.75, 3.05) is 5.32 Å². The van der Waals surface area contributed by atoms with E-state index in [-0.39, 0.29) is 5.91 Å². The van der Waals surface area contributed by atoms with Gasteiger partial charge in [0, 0.05) is 11.9 Å². The zero-order valence-electron chi connectivity index (χ0n) is 14.3. The van der Waals surface area contributed by atoms with E-state index in [0.29, 0.717) is 10.6 Å². The second-order valence-electron chi connectivity index (χ2n) is 6.12. The van der Waals surface area contributed by atoms with Crippen LogP contribution in [0.4, 0.5) is 5.69 Å². The number of nitrogens with one attached hydrogen (secondary N) is 1. The SMILES string of the molecule is Cc1nn(C)c(C)c1NC(=O)[C@H](C)OC(=O)c1cc2c(s1)CCC2. The van der Waals surface area contributed by atoms with Gasteiger partial charge in [0.05, 0.1) is 17.1 Å². The summed E-state index contributed by atoms with van der Waals surface area (Å²) in [4.78, 5) is 26.4. The van der Waals surface area contributed by atoms with Crippen LogP contribution in [-0.4, -0.2) is 27.8 Å². The van der Waals surface area contributed by atoms with Crippen LogP contribution < -0.4 is 5.32 Å². The number of hydrogen-bond acceptors (Lipinski definition) is 5. The van der Waals surface area contributed by atoms with Crippen LogP contribution >= 0.6 is 11.3 Å². The largest absolute Gasteiger partial charge is 0.448 e. The smallest absolute Gasteiger partial charge is 0.349 e. The van der Waals surface area contributed by atoms with Crippen LogP contribution in [0.25, 0.3) is 0 Å². The summed E-state index contributed by atoms with van der Waals surface area (Å²) in [6, 6.07) is 1.90. The number of hydrogen-bond donors (Lipinski definition) is 1. The van der Waals surface area contributed by atoms with Crippen LogP contribution in [-0.2, 0) is 29.4 Å². The number of aromatic nitrogens is 2. The van der Waals surface area contributed by atoms with Crippen LogP contribution in [0, 0.1) is 13.8 Å². The highest BCUT2D eigenvalue weighted by Gasteiger charge is 2.24. The van der Waals surface area contributed by atoms with Gasteiger partial charge in [0.25, 0.3) is 5.91 Å². The number of anilines is 1. The molecule has 0 spiro atoms. The molecule has 6 nitrogen and oxygen atoms in total. The molecule has 2 heterocycles. The minimum absolute atomic E-state index is 0.355. The summed E-state index contributed by atoms with van der Waals surface area (Å²) in [6.07, 6.45) is 2.34. The van der Waals surface area contributed by atoms with Crippen LogP contribution in [0.5, 0.6) is 0 Å². The van der Waals surface area contributed by atoms with E-state index in [1.54, 1.807) is 11.6 Å². The first-order valence-corrected chi connectivity index (χ1v) is 8.82. The fraction of sp³-hybridized carbons (Fsp3) is 0.471. The second kappa shape index (κ2) is 6.39. The molecule has 1 aliphatic rings. The van der Waals surface area contributed by atoms with E-state index < -0.39 is 12.1 Å². The third-order valence-corrected chi connectivity index (χ3v) is 5.58. The molecule has 0 aliphatic heterocycles. The van der Waals surface area contributed by atoms with Gasteiger partial charge in [-0.1, -0.05) is 0 Å². The van der Waals surface area contributed by atoms with Gasteiger partial charge >= 0.3 is 5.97 Å². The molecule has 128 valence electrons. The van der Waals surface area contributed by atoms with E-state index in [0.717, 1.165) is 30.7 Å². The average Bonchev–Trinajstić information content (AvgIpc) is 3.17. The zero-order valence-corrected chi connectivity index (χ0v) is 15.1. The van der Waals surface area contributed by atoms with Crippen LogP contribution in [0.15, 0.2) is 6.07 Å². The molecule has 0 saturated heterocycles. The third-order valence-electron chi connectivity index (χ3n) is 4.36. The third kappa shape index (κ3) is 3.08. The lowest BCUT2D eigenvalue weighted by molar-refractivity contribution is -0.123. The topological polar surface area (TPSA) is 73.2 Å². The zero-order chi connectivity index (χ0) is 17.4. The molecule has 1 amide bonds. The Labute approximate surface area is 144 Å². The summed E-state index contributed by atoms with van der Waals surface area (Å²) < 4.78 is 7.03. The van der Waals surface area contributed by atoms with E-state index in [4.69, 9.17) is 4.74 Å². The number of rotatable bonds is 4. The van der Waals surface area contributed by atoms with Gasteiger partial charge in [-0.15, -0.1) is 11.3 Å². The van der Waals surface area contributed by atoms with Crippen molar-refractivity contribution >= 4 is 28.9 Å². The second-order valence-corrected chi connectivity index (χ2v) is 7.26. The average molecular weight is 347 g/mol. The van der Waals surface area contributed by atoms with Crippen molar-refractivity contribution in [2.45, 2.75) is 46.1 Å². The number of thiophene rings is 1. The molecule has 0 unspecified atom stereocenters. The minimum Gasteiger partial charge on any atom is -0.448 e. The van der Waals surface area contributed by atoms with Crippen LogP contribution in [0.1, 0.15) is 44.8 Å². The lowest BCUT2D eigenvalue weighted by Crippen LogP contribution is -2.30. The van der Waals surface area contributed by atoms with Crippen LogP contribution in [0.2, 0.25) is 0 Å². The number of esters is 1. The Hall–Kier alpha value is -2.15. The van der Waals surface area contributed by atoms with Gasteiger partial charge in [-0.2, -0.15) is 5.10 Å². The Kier molecular flexibility index (Phi) is 4.45. The maximum atomic E-state index is 12.3. The molecule has 2 aromatic rings. The quantitative estimate of drug-likeness (QED) is 0.863. The lowest BCUT2D eigenvalue weighted by atomic mass is 10.2. The molecule has 0 aromatic carbocycles. The first-order chi connectivity index (χ1) is 11.4. The summed E-state index contributed by atoms with van der Waals surface area (Å²) in [7, 11) is 1.82. The minimum atomic E-state index is -0.867. The summed E-state index contributed by atoms with van der Waals surface area (Å²) in [5.41, 5.74) is 3.50. The van der Waals surface area contributed by atoms with Crippen molar-refractivity contribution < 1.29 is 14.3 Å². The number of fused-ring (bicyclic) bond motifs is 1. The Morgan fingerprint density at radius 2 is 2.12 bits per heavy atom. The van der Waals surface area contributed by atoms with Gasteiger partial charge in [-0.3, -0.25) is 9.48 Å². The van der Waals surface area contributed by atoms with Gasteiger partial charge in [-0.25, -0.2) is 4.79 Å². The molecule has 1 aliphatic carbocycles. The standard InChI is InChI=1S/C17H21N3O3S/c1-9-15(10(2)20(4)19-9)18-16(21)11(3)23-17(22)14-8-12-6-5-7-13(12)24-14/h8,11H,5-7H2,1-4H3,(H,18,21)/t11-/m0/s1. The Morgan fingerprint density at radius 1 is 1.38 bits per heavy atom. The first kappa shape index (κ1) is 16.7. The molecule has 0 bridgehead atoms. The molecule has 0 fully saturated rings. The monoisotopic (exact) mass is 347 g/mol. The van der Waals surface area contributed by atoms with Crippen molar-refractivity contribution in [3.8, 4) is 0 Å². The Balaban J connectivity index is 1.64. The molecule has 7 heteroatoms. The molecule has 1 atom stereocenters. The number of ether oxygens (including phenoxy) is 1. The highest BCUT2D eigenvalue weighted by Crippen LogP contribution is 2.31. The summed E-state index contributed by atoms with van der Waals surface area (Å²) >= 11 is 1.48. The molecular weight excluding hydrogens is 326 g/mol. The van der Waals surface area contributed by atoms with E-state index in [1.165, 1.54) is 21.8 Å². The van der Waals surface area contributed by atoms with Crippen molar-refractivity contribution in [1.29, 1.82) is 0 Å². The number of nitrogens with zero attached hydrogens (tertiary/aromatic N) is 2. The predicted molar refractivity (Wildman–Crippen MR) is 92.5 cm³/mol. The number of carbonyl (C=O) groups is 2. The van der Waals surface area contributed by atoms with E-state index in [9.17, 15) is 9.59 Å². The molecule has 0 radical (unpaired) electrons. The van der Waals surface area contributed by atoms with Gasteiger partial charge in [0.2, 0.25) is 0 Å². The molecule has 1 N–H and O–H groups in total. The van der Waals surface area contributed by atoms with Gasteiger partial charge < -0.3 is 10.1 Å². The highest BCUT2D eigenvalue weighted by molar-refractivity contribution is 7.14. The molecule has 0 saturated carbocycles. The lowest BCUT2D eigenvalue weighted by Gasteiger charge is -2.13. The van der Waals surface area contributed by atoms with Gasteiger partial charge in [0.1, 0.15) is 4.88 Å². The van der Waals surface area contributed by atoms with Gasteiger partial charge in [0.15, 0.2) is 6.10 Å². The van der Waals surface area contributed by atoms with Crippen molar-refractivity contribution in [3.05, 3.63) is 32.8 Å². The van der Waals surface area contributed by atoms with Crippen molar-refractivity contribution in [2.24, 2.45) is 7.05 Å². The first-order valence-electron chi connectivity index (χ1n) is 8.00. The molecule has 3 rings (SSSR count). The normalized spacial score (nSPS) is 14.3. The summed E-state index contributed by atoms with van der Waals surface area (Å²) in [6.45, 7) is 5.28. The fourth-order valence-electron chi connectivity index (χ4n) is 2.88. The molecular formula is C17H21N3O3S. The fourth-order valence-corrected chi connectivity index (χ4v) is 4.02. The number of carbonyl (C=O) groups excluding carboxylic acids is 2. The van der Waals surface area contributed by atoms with E-state index >= 15 is 0 Å². The molecule has 24 heavy (non-hydrogen) atoms. The number of amides is 1. The number of aryl methyl sites for hydroxylation is 4. The maximum absolute atomic E-state index is 12.3. The molecule has 2 aromatic heterocycles. The Bertz CT molecular complexity index is 785. The Morgan fingerprint density at radius 3 is 2.75 bits per heavy atom. The predicted octanol–water partition coefficient (Wildman–Crippen LogP) is 2.77. The maximum Gasteiger partial charge on any atom is 0.349 e. The van der Waals surface area contributed by atoms with Crippen molar-refractivity contribution in [3.63, 3.8) is 0 Å². The van der Waals surface area contributed by atoms with Crippen molar-refractivity contribution in [1.82, 2.24) is 9.78 Å². The summed E-state index contributed by atoms with van der Waals surface area (Å²) in [5.74, 6) is -0.789. The summed E-state index contributed by atoms with van der Waals surface area (Å²) in [5, 5.41) is 7.05. The highest BCUT2D eigenvalue weighted by atomic mass is 32.1. The van der Waals surface area contributed by atoms with Crippen LogP contribution in [0.3, 0.4) is 0 Å².